The molecule has 0 saturated heterocycles. The van der Waals surface area contributed by atoms with Gasteiger partial charge in [-0.05, 0) is 25.7 Å². The van der Waals surface area contributed by atoms with Crippen LogP contribution in [0.25, 0.3) is 0 Å². The van der Waals surface area contributed by atoms with E-state index < -0.39 is 0 Å². The van der Waals surface area contributed by atoms with Gasteiger partial charge < -0.3 is 20.1 Å². The number of hydrogen-bond acceptors (Lipinski definition) is 3. The molecule has 21 heavy (non-hydrogen) atoms. The smallest absolute Gasteiger partial charge is 0.191 e. The zero-order valence-electron chi connectivity index (χ0n) is 13.8. The fourth-order valence-corrected chi connectivity index (χ4v) is 2.70. The van der Waals surface area contributed by atoms with Crippen LogP contribution < -0.4 is 10.6 Å². The van der Waals surface area contributed by atoms with E-state index >= 15 is 0 Å². The number of nitrogens with zero attached hydrogens (tertiary/aromatic N) is 1. The lowest BCUT2D eigenvalue weighted by Crippen LogP contribution is -2.39. The second-order valence-electron chi connectivity index (χ2n) is 5.59. The van der Waals surface area contributed by atoms with Crippen molar-refractivity contribution in [3.63, 3.8) is 0 Å². The topological polar surface area (TPSA) is 54.9 Å². The van der Waals surface area contributed by atoms with Crippen LogP contribution in [0.2, 0.25) is 0 Å². The fourth-order valence-electron chi connectivity index (χ4n) is 2.70. The number of guanidine groups is 1. The van der Waals surface area contributed by atoms with Crippen LogP contribution in [0.5, 0.6) is 0 Å². The van der Waals surface area contributed by atoms with Crippen molar-refractivity contribution in [3.8, 4) is 0 Å². The minimum Gasteiger partial charge on any atom is -0.382 e. The Kier molecular flexibility index (Phi) is 11.2. The highest BCUT2D eigenvalue weighted by atomic mass is 16.5. The quantitative estimate of drug-likeness (QED) is 0.349. The van der Waals surface area contributed by atoms with Crippen molar-refractivity contribution in [1.29, 1.82) is 0 Å². The van der Waals surface area contributed by atoms with Crippen molar-refractivity contribution in [2.24, 2.45) is 10.9 Å². The fraction of sp³-hybridized carbons (Fsp3) is 0.938. The van der Waals surface area contributed by atoms with E-state index in [1.54, 1.807) is 7.11 Å². The van der Waals surface area contributed by atoms with Crippen LogP contribution in [0.3, 0.4) is 0 Å². The molecular formula is C16H33N3O2. The summed E-state index contributed by atoms with van der Waals surface area (Å²) in [7, 11) is 1.68. The molecule has 1 aliphatic carbocycles. The van der Waals surface area contributed by atoms with Crippen molar-refractivity contribution in [1.82, 2.24) is 10.6 Å². The molecule has 0 aromatic heterocycles. The molecule has 0 heterocycles. The van der Waals surface area contributed by atoms with Gasteiger partial charge in [-0.15, -0.1) is 0 Å². The number of ether oxygens (including phenoxy) is 2. The lowest BCUT2D eigenvalue weighted by Gasteiger charge is -2.12. The van der Waals surface area contributed by atoms with Crippen molar-refractivity contribution in [2.75, 3.05) is 46.6 Å². The molecule has 0 bridgehead atoms. The second-order valence-corrected chi connectivity index (χ2v) is 5.59. The Morgan fingerprint density at radius 3 is 2.67 bits per heavy atom. The Morgan fingerprint density at radius 1 is 1.14 bits per heavy atom. The van der Waals surface area contributed by atoms with Gasteiger partial charge >= 0.3 is 0 Å². The average Bonchev–Trinajstić information content (AvgIpc) is 3.00. The largest absolute Gasteiger partial charge is 0.382 e. The van der Waals surface area contributed by atoms with Crippen LogP contribution in [-0.4, -0.2) is 52.5 Å². The van der Waals surface area contributed by atoms with E-state index in [2.05, 4.69) is 22.5 Å². The molecule has 0 aromatic carbocycles. The lowest BCUT2D eigenvalue weighted by atomic mass is 10.0. The van der Waals surface area contributed by atoms with Crippen LogP contribution in [-0.2, 0) is 9.47 Å². The van der Waals surface area contributed by atoms with E-state index in [0.717, 1.165) is 31.5 Å². The molecule has 1 saturated carbocycles. The first-order valence-electron chi connectivity index (χ1n) is 8.45. The highest BCUT2D eigenvalue weighted by Gasteiger charge is 2.13. The molecular weight excluding hydrogens is 266 g/mol. The summed E-state index contributed by atoms with van der Waals surface area (Å²) in [6.45, 7) is 6.64. The SMILES string of the molecule is CCNC(=NCCCC1CCCC1)NCCOCCOC. The highest BCUT2D eigenvalue weighted by Crippen LogP contribution is 2.28. The van der Waals surface area contributed by atoms with Crippen LogP contribution in [0.1, 0.15) is 45.4 Å². The van der Waals surface area contributed by atoms with E-state index in [4.69, 9.17) is 9.47 Å². The van der Waals surface area contributed by atoms with Gasteiger partial charge in [0, 0.05) is 26.7 Å². The Labute approximate surface area is 129 Å². The van der Waals surface area contributed by atoms with E-state index in [1.807, 2.05) is 0 Å². The second kappa shape index (κ2) is 12.9. The molecule has 0 aromatic rings. The van der Waals surface area contributed by atoms with Gasteiger partial charge in [-0.3, -0.25) is 4.99 Å². The number of methoxy groups -OCH3 is 1. The van der Waals surface area contributed by atoms with Gasteiger partial charge in [-0.1, -0.05) is 25.7 Å². The molecule has 0 spiro atoms. The van der Waals surface area contributed by atoms with Gasteiger partial charge in [-0.2, -0.15) is 0 Å². The summed E-state index contributed by atoms with van der Waals surface area (Å²) in [6.07, 6.45) is 8.26. The lowest BCUT2D eigenvalue weighted by molar-refractivity contribution is 0.0733. The van der Waals surface area contributed by atoms with E-state index in [1.165, 1.54) is 38.5 Å². The maximum atomic E-state index is 5.43. The first-order chi connectivity index (χ1) is 10.4. The predicted octanol–water partition coefficient (Wildman–Crippen LogP) is 2.17. The van der Waals surface area contributed by atoms with Gasteiger partial charge in [0.05, 0.1) is 19.8 Å². The van der Waals surface area contributed by atoms with Crippen molar-refractivity contribution in [2.45, 2.75) is 45.4 Å². The normalized spacial score (nSPS) is 16.4. The number of hydrogen-bond donors (Lipinski definition) is 2. The minimum atomic E-state index is 0.646. The zero-order valence-corrected chi connectivity index (χ0v) is 13.8. The molecule has 5 heteroatoms. The molecule has 0 radical (unpaired) electrons. The molecule has 1 fully saturated rings. The van der Waals surface area contributed by atoms with Gasteiger partial charge in [0.1, 0.15) is 0 Å². The van der Waals surface area contributed by atoms with Crippen molar-refractivity contribution in [3.05, 3.63) is 0 Å². The standard InChI is InChI=1S/C16H33N3O2/c1-3-17-16(19-11-12-21-14-13-20-2)18-10-6-9-15-7-4-5-8-15/h15H,3-14H2,1-2H3,(H2,17,18,19). The average molecular weight is 299 g/mol. The third-order valence-electron chi connectivity index (χ3n) is 3.83. The summed E-state index contributed by atoms with van der Waals surface area (Å²) in [6, 6.07) is 0. The maximum absolute atomic E-state index is 5.43. The molecule has 1 rings (SSSR count). The Balaban J connectivity index is 2.07. The monoisotopic (exact) mass is 299 g/mol. The van der Waals surface area contributed by atoms with E-state index in [9.17, 15) is 0 Å². The number of rotatable bonds is 11. The molecule has 0 atom stereocenters. The predicted molar refractivity (Wildman–Crippen MR) is 87.9 cm³/mol. The van der Waals surface area contributed by atoms with Crippen LogP contribution in [0, 0.1) is 5.92 Å². The molecule has 5 nitrogen and oxygen atoms in total. The molecule has 1 aliphatic rings. The summed E-state index contributed by atoms with van der Waals surface area (Å²) >= 11 is 0. The van der Waals surface area contributed by atoms with Crippen LogP contribution in [0.15, 0.2) is 4.99 Å². The summed E-state index contributed by atoms with van der Waals surface area (Å²) in [5.74, 6) is 1.86. The Bertz CT molecular complexity index is 266. The Hall–Kier alpha value is -0.810. The third-order valence-corrected chi connectivity index (χ3v) is 3.83. The third kappa shape index (κ3) is 9.69. The van der Waals surface area contributed by atoms with Crippen LogP contribution in [0.4, 0.5) is 0 Å². The molecule has 0 aliphatic heterocycles. The van der Waals surface area contributed by atoms with Crippen molar-refractivity contribution < 1.29 is 9.47 Å². The van der Waals surface area contributed by atoms with Gasteiger partial charge in [0.15, 0.2) is 5.96 Å². The summed E-state index contributed by atoms with van der Waals surface area (Å²) in [5.41, 5.74) is 0. The number of nitrogens with one attached hydrogen (secondary N) is 2. The minimum absolute atomic E-state index is 0.646. The highest BCUT2D eigenvalue weighted by molar-refractivity contribution is 5.79. The Morgan fingerprint density at radius 2 is 1.95 bits per heavy atom. The summed E-state index contributed by atoms with van der Waals surface area (Å²) < 4.78 is 10.4. The van der Waals surface area contributed by atoms with E-state index in [0.29, 0.717) is 19.8 Å². The maximum Gasteiger partial charge on any atom is 0.191 e. The number of aliphatic imine (C=N–C) groups is 1. The molecule has 0 unspecified atom stereocenters. The summed E-state index contributed by atoms with van der Waals surface area (Å²) in [4.78, 5) is 4.62. The van der Waals surface area contributed by atoms with Gasteiger partial charge in [0.25, 0.3) is 0 Å². The van der Waals surface area contributed by atoms with E-state index in [-0.39, 0.29) is 0 Å². The molecule has 0 amide bonds. The van der Waals surface area contributed by atoms with Gasteiger partial charge in [0.2, 0.25) is 0 Å². The molecule has 124 valence electrons. The zero-order chi connectivity index (χ0) is 15.2. The van der Waals surface area contributed by atoms with Crippen LogP contribution >= 0.6 is 0 Å². The summed E-state index contributed by atoms with van der Waals surface area (Å²) in [5, 5.41) is 6.57. The first kappa shape index (κ1) is 18.2. The van der Waals surface area contributed by atoms with Crippen molar-refractivity contribution >= 4 is 5.96 Å². The van der Waals surface area contributed by atoms with Gasteiger partial charge in [-0.25, -0.2) is 0 Å². The molecule has 2 N–H and O–H groups in total. The first-order valence-corrected chi connectivity index (χ1v) is 8.45.